The van der Waals surface area contributed by atoms with Crippen molar-refractivity contribution in [3.63, 3.8) is 0 Å². The summed E-state index contributed by atoms with van der Waals surface area (Å²) in [6, 6.07) is 7.09. The fraction of sp³-hybridized carbons (Fsp3) is 0.409. The molecule has 0 unspecified atom stereocenters. The number of carbonyl (C=O) groups excluding carboxylic acids is 1. The van der Waals surface area contributed by atoms with Crippen molar-refractivity contribution in [2.24, 2.45) is 0 Å². The summed E-state index contributed by atoms with van der Waals surface area (Å²) in [5.74, 6) is -0.914. The Morgan fingerprint density at radius 1 is 1.20 bits per heavy atom. The maximum absolute atomic E-state index is 13.3. The first kappa shape index (κ1) is 24.0. The second-order valence-electron chi connectivity index (χ2n) is 7.92. The van der Waals surface area contributed by atoms with Crippen LogP contribution in [-0.2, 0) is 18.1 Å². The predicted octanol–water partition coefficient (Wildman–Crippen LogP) is 5.42. The van der Waals surface area contributed by atoms with E-state index in [1.165, 1.54) is 18.7 Å². The van der Waals surface area contributed by atoms with Crippen molar-refractivity contribution in [2.75, 3.05) is 26.0 Å². The number of halogens is 4. The maximum Gasteiger partial charge on any atom is 0.419 e. The molecule has 2 aromatic rings. The molecule has 0 bridgehead atoms. The quantitative estimate of drug-likeness (QED) is 0.690. The number of ether oxygens (including phenoxy) is 1. The summed E-state index contributed by atoms with van der Waals surface area (Å²) in [7, 11) is 3.22. The number of aryl methyl sites for hydroxylation is 1. The van der Waals surface area contributed by atoms with Gasteiger partial charge < -0.3 is 10.1 Å². The fourth-order valence-electron chi connectivity index (χ4n) is 3.81. The van der Waals surface area contributed by atoms with Crippen molar-refractivity contribution in [2.45, 2.75) is 38.9 Å². The molecule has 1 aliphatic heterocycles. The van der Waals surface area contributed by atoms with Crippen LogP contribution in [0.1, 0.15) is 46.5 Å². The highest BCUT2D eigenvalue weighted by molar-refractivity contribution is 6.04. The van der Waals surface area contributed by atoms with Gasteiger partial charge in [-0.15, -0.1) is 12.4 Å². The monoisotopic (exact) mass is 442 g/mol. The Morgan fingerprint density at radius 3 is 2.47 bits per heavy atom. The Hall–Kier alpha value is -2.25. The largest absolute Gasteiger partial charge is 0.496 e. The molecule has 0 saturated carbocycles. The molecule has 3 rings (SSSR count). The smallest absolute Gasteiger partial charge is 0.419 e. The van der Waals surface area contributed by atoms with Crippen LogP contribution in [0.5, 0.6) is 5.75 Å². The van der Waals surface area contributed by atoms with E-state index in [1.807, 2.05) is 19.1 Å². The lowest BCUT2D eigenvalue weighted by molar-refractivity contribution is -0.138. The van der Waals surface area contributed by atoms with Crippen molar-refractivity contribution in [3.05, 3.63) is 58.1 Å². The number of amides is 1. The van der Waals surface area contributed by atoms with Crippen molar-refractivity contribution >= 4 is 24.0 Å². The van der Waals surface area contributed by atoms with Crippen LogP contribution in [0.3, 0.4) is 0 Å². The van der Waals surface area contributed by atoms with E-state index in [2.05, 4.69) is 31.1 Å². The minimum atomic E-state index is -4.61. The average Bonchev–Trinajstić information content (AvgIpc) is 2.64. The third-order valence-corrected chi connectivity index (χ3v) is 5.81. The molecule has 1 heterocycles. The molecule has 0 aromatic heterocycles. The van der Waals surface area contributed by atoms with Gasteiger partial charge in [0.25, 0.3) is 5.91 Å². The summed E-state index contributed by atoms with van der Waals surface area (Å²) in [4.78, 5) is 14.9. The lowest BCUT2D eigenvalue weighted by Crippen LogP contribution is -2.44. The number of methoxy groups -OCH3 is 1. The Kier molecular flexibility index (Phi) is 6.79. The third kappa shape index (κ3) is 4.42. The highest BCUT2D eigenvalue weighted by Gasteiger charge is 2.35. The van der Waals surface area contributed by atoms with Crippen LogP contribution < -0.4 is 10.1 Å². The van der Waals surface area contributed by atoms with Crippen LogP contribution in [0, 0.1) is 6.92 Å². The van der Waals surface area contributed by atoms with Gasteiger partial charge in [-0.3, -0.25) is 9.69 Å². The number of nitrogens with zero attached hydrogens (tertiary/aromatic N) is 1. The molecular formula is C22H26ClF3N2O2. The molecular weight excluding hydrogens is 417 g/mol. The number of benzene rings is 2. The van der Waals surface area contributed by atoms with E-state index in [-0.39, 0.29) is 29.3 Å². The Labute approximate surface area is 180 Å². The average molecular weight is 443 g/mol. The number of nitrogens with one attached hydrogen (secondary N) is 1. The number of likely N-dealkylation sites (N-methyl/N-ethyl adjacent to an activating group) is 1. The first-order valence-electron chi connectivity index (χ1n) is 9.37. The number of alkyl halides is 3. The molecule has 8 heteroatoms. The molecule has 1 N–H and O–H groups in total. The molecule has 0 aliphatic carbocycles. The third-order valence-electron chi connectivity index (χ3n) is 5.81. The van der Waals surface area contributed by atoms with Gasteiger partial charge in [-0.05, 0) is 81.3 Å². The summed E-state index contributed by atoms with van der Waals surface area (Å²) >= 11 is 0. The van der Waals surface area contributed by atoms with E-state index in [0.717, 1.165) is 36.2 Å². The molecule has 164 valence electrons. The van der Waals surface area contributed by atoms with Crippen LogP contribution in [-0.4, -0.2) is 31.5 Å². The minimum Gasteiger partial charge on any atom is -0.496 e. The summed E-state index contributed by atoms with van der Waals surface area (Å²) in [6.45, 7) is 7.17. The van der Waals surface area contributed by atoms with Gasteiger partial charge in [0.1, 0.15) is 5.75 Å². The van der Waals surface area contributed by atoms with Crippen LogP contribution in [0.25, 0.3) is 0 Å². The van der Waals surface area contributed by atoms with Crippen LogP contribution in [0.2, 0.25) is 0 Å². The summed E-state index contributed by atoms with van der Waals surface area (Å²) in [6.07, 6.45) is -3.69. The molecule has 0 fully saturated rings. The van der Waals surface area contributed by atoms with E-state index < -0.39 is 17.6 Å². The predicted molar refractivity (Wildman–Crippen MR) is 114 cm³/mol. The summed E-state index contributed by atoms with van der Waals surface area (Å²) in [5, 5.41) is 2.75. The molecule has 0 saturated heterocycles. The molecule has 0 spiro atoms. The second-order valence-corrected chi connectivity index (χ2v) is 7.92. The normalized spacial score (nSPS) is 15.7. The van der Waals surface area contributed by atoms with Crippen LogP contribution in [0.4, 0.5) is 18.9 Å². The Balaban J connectivity index is 0.00000320. The van der Waals surface area contributed by atoms with Gasteiger partial charge in [-0.2, -0.15) is 13.2 Å². The van der Waals surface area contributed by atoms with Crippen molar-refractivity contribution in [1.29, 1.82) is 0 Å². The first-order chi connectivity index (χ1) is 13.4. The number of hydrogen-bond acceptors (Lipinski definition) is 3. The van der Waals surface area contributed by atoms with E-state index in [9.17, 15) is 18.0 Å². The molecule has 0 atom stereocenters. The van der Waals surface area contributed by atoms with Gasteiger partial charge in [0.15, 0.2) is 0 Å². The van der Waals surface area contributed by atoms with E-state index in [4.69, 9.17) is 4.74 Å². The second kappa shape index (κ2) is 8.47. The minimum absolute atomic E-state index is 0. The number of fused-ring (bicyclic) bond motifs is 1. The number of hydrogen-bond donors (Lipinski definition) is 1. The van der Waals surface area contributed by atoms with Gasteiger partial charge in [0, 0.05) is 23.3 Å². The maximum atomic E-state index is 13.3. The highest BCUT2D eigenvalue weighted by Crippen LogP contribution is 2.38. The van der Waals surface area contributed by atoms with Gasteiger partial charge in [-0.1, -0.05) is 0 Å². The van der Waals surface area contributed by atoms with Crippen LogP contribution >= 0.6 is 12.4 Å². The number of carbonyl (C=O) groups is 1. The lowest BCUT2D eigenvalue weighted by Gasteiger charge is -2.42. The Bertz CT molecular complexity index is 958. The lowest BCUT2D eigenvalue weighted by atomic mass is 9.81. The zero-order valence-electron chi connectivity index (χ0n) is 17.6. The molecule has 2 aromatic carbocycles. The number of rotatable bonds is 3. The van der Waals surface area contributed by atoms with E-state index in [1.54, 1.807) is 0 Å². The first-order valence-corrected chi connectivity index (χ1v) is 9.37. The summed E-state index contributed by atoms with van der Waals surface area (Å²) in [5.41, 5.74) is 2.75. The van der Waals surface area contributed by atoms with Gasteiger partial charge in [0.2, 0.25) is 0 Å². The molecule has 1 amide bonds. The van der Waals surface area contributed by atoms with Crippen molar-refractivity contribution in [1.82, 2.24) is 4.90 Å². The summed E-state index contributed by atoms with van der Waals surface area (Å²) < 4.78 is 44.5. The topological polar surface area (TPSA) is 41.6 Å². The highest BCUT2D eigenvalue weighted by atomic mass is 35.5. The van der Waals surface area contributed by atoms with Gasteiger partial charge in [0.05, 0.1) is 12.7 Å². The zero-order chi connectivity index (χ0) is 21.6. The van der Waals surface area contributed by atoms with Crippen molar-refractivity contribution < 1.29 is 22.7 Å². The molecule has 0 radical (unpaired) electrons. The standard InChI is InChI=1S/C22H25F3N2O2.ClH/c1-13-10-15(12-17-16(13)8-9-27(4)21(17,2)3)26-20(28)14-6-7-19(29-5)18(11-14)22(23,24)25;/h6-7,10-12H,8-9H2,1-5H3,(H,26,28);1H. The van der Waals surface area contributed by atoms with E-state index in [0.29, 0.717) is 5.69 Å². The molecule has 1 aliphatic rings. The SMILES string of the molecule is COc1ccc(C(=O)Nc2cc(C)c3c(c2)C(C)(C)N(C)CC3)cc1C(F)(F)F.Cl. The molecule has 30 heavy (non-hydrogen) atoms. The number of anilines is 1. The van der Waals surface area contributed by atoms with Gasteiger partial charge >= 0.3 is 6.18 Å². The molecule has 4 nitrogen and oxygen atoms in total. The van der Waals surface area contributed by atoms with E-state index >= 15 is 0 Å². The van der Waals surface area contributed by atoms with Crippen LogP contribution in [0.15, 0.2) is 30.3 Å². The van der Waals surface area contributed by atoms with Gasteiger partial charge in [-0.25, -0.2) is 0 Å². The zero-order valence-corrected chi connectivity index (χ0v) is 18.4. The van der Waals surface area contributed by atoms with Crippen molar-refractivity contribution in [3.8, 4) is 5.75 Å². The Morgan fingerprint density at radius 2 is 1.87 bits per heavy atom. The fourth-order valence-corrected chi connectivity index (χ4v) is 3.81.